The predicted octanol–water partition coefficient (Wildman–Crippen LogP) is 3.76. The summed E-state index contributed by atoms with van der Waals surface area (Å²) in [7, 11) is 0. The van der Waals surface area contributed by atoms with Gasteiger partial charge in [0.2, 0.25) is 0 Å². The number of carbonyl (C=O) groups is 1. The first-order valence-electron chi connectivity index (χ1n) is 5.31. The van der Waals surface area contributed by atoms with Crippen molar-refractivity contribution in [3.8, 4) is 10.6 Å². The van der Waals surface area contributed by atoms with Crippen LogP contribution in [0.25, 0.3) is 10.6 Å². The third kappa shape index (κ3) is 2.73. The Hall–Kier alpha value is -1.20. The van der Waals surface area contributed by atoms with Crippen LogP contribution in [0, 0.1) is 6.92 Å². The second-order valence-corrected chi connectivity index (χ2v) is 6.10. The number of carboxylic acid groups (broad SMARTS) is 1. The maximum Gasteiger partial charge on any atom is 0.303 e. The van der Waals surface area contributed by atoms with Crippen molar-refractivity contribution in [3.63, 3.8) is 0 Å². The monoisotopic (exact) mass is 267 g/mol. The van der Waals surface area contributed by atoms with E-state index in [1.807, 2.05) is 31.4 Å². The molecule has 0 aliphatic heterocycles. The number of thiazole rings is 1. The molecule has 1 unspecified atom stereocenters. The molecule has 0 spiro atoms. The molecule has 5 heteroatoms. The normalized spacial score (nSPS) is 12.6. The fourth-order valence-electron chi connectivity index (χ4n) is 1.72. The van der Waals surface area contributed by atoms with Crippen molar-refractivity contribution >= 4 is 28.6 Å². The Balaban J connectivity index is 2.37. The highest BCUT2D eigenvalue weighted by atomic mass is 32.1. The van der Waals surface area contributed by atoms with Crippen molar-refractivity contribution < 1.29 is 9.90 Å². The van der Waals surface area contributed by atoms with Crippen molar-refractivity contribution in [3.05, 3.63) is 27.4 Å². The molecule has 17 heavy (non-hydrogen) atoms. The maximum atomic E-state index is 10.8. The van der Waals surface area contributed by atoms with Gasteiger partial charge in [0.25, 0.3) is 0 Å². The van der Waals surface area contributed by atoms with Crippen molar-refractivity contribution in [1.29, 1.82) is 0 Å². The zero-order valence-electron chi connectivity index (χ0n) is 9.64. The summed E-state index contributed by atoms with van der Waals surface area (Å²) in [5.74, 6) is -0.753. The average Bonchev–Trinajstić information content (AvgIpc) is 2.83. The first kappa shape index (κ1) is 12.3. The first-order chi connectivity index (χ1) is 8.08. The minimum atomic E-state index is -0.763. The molecule has 1 atom stereocenters. The van der Waals surface area contributed by atoms with Crippen LogP contribution in [0.2, 0.25) is 0 Å². The summed E-state index contributed by atoms with van der Waals surface area (Å²) in [5, 5.41) is 11.9. The fourth-order valence-corrected chi connectivity index (χ4v) is 3.51. The lowest BCUT2D eigenvalue weighted by Crippen LogP contribution is -2.02. The van der Waals surface area contributed by atoms with Crippen molar-refractivity contribution in [2.75, 3.05) is 0 Å². The molecule has 2 rings (SSSR count). The Morgan fingerprint density at radius 1 is 1.59 bits per heavy atom. The lowest BCUT2D eigenvalue weighted by molar-refractivity contribution is -0.137. The minimum Gasteiger partial charge on any atom is -0.481 e. The number of aryl methyl sites for hydroxylation is 1. The number of thiophene rings is 1. The largest absolute Gasteiger partial charge is 0.481 e. The highest BCUT2D eigenvalue weighted by Crippen LogP contribution is 2.37. The molecule has 0 aliphatic carbocycles. The Bertz CT molecular complexity index is 517. The van der Waals surface area contributed by atoms with Crippen LogP contribution in [-0.2, 0) is 4.79 Å². The van der Waals surface area contributed by atoms with Crippen LogP contribution in [0.15, 0.2) is 17.5 Å². The van der Waals surface area contributed by atoms with E-state index in [9.17, 15) is 4.79 Å². The lowest BCUT2D eigenvalue weighted by Gasteiger charge is -2.07. The molecule has 1 N–H and O–H groups in total. The molecule has 0 saturated carbocycles. The zero-order valence-corrected chi connectivity index (χ0v) is 11.3. The van der Waals surface area contributed by atoms with E-state index < -0.39 is 5.97 Å². The molecule has 2 aromatic heterocycles. The Morgan fingerprint density at radius 3 is 2.94 bits per heavy atom. The van der Waals surface area contributed by atoms with Crippen LogP contribution in [0.4, 0.5) is 0 Å². The van der Waals surface area contributed by atoms with Gasteiger partial charge in [0, 0.05) is 10.8 Å². The van der Waals surface area contributed by atoms with Gasteiger partial charge in [-0.15, -0.1) is 22.7 Å². The fraction of sp³-hybridized carbons (Fsp3) is 0.333. The summed E-state index contributed by atoms with van der Waals surface area (Å²) in [5.41, 5.74) is 0.955. The minimum absolute atomic E-state index is 0.01000. The van der Waals surface area contributed by atoms with E-state index in [-0.39, 0.29) is 12.3 Å². The molecule has 2 aromatic rings. The first-order valence-corrected chi connectivity index (χ1v) is 7.00. The smallest absolute Gasteiger partial charge is 0.303 e. The third-order valence-electron chi connectivity index (χ3n) is 2.44. The van der Waals surface area contributed by atoms with Crippen molar-refractivity contribution in [2.24, 2.45) is 0 Å². The SMILES string of the molecule is Cc1nc(-c2cccs2)c(C(C)CC(=O)O)s1. The van der Waals surface area contributed by atoms with Crippen LogP contribution in [-0.4, -0.2) is 16.1 Å². The molecule has 0 bridgehead atoms. The summed E-state index contributed by atoms with van der Waals surface area (Å²) in [6.07, 6.45) is 0.153. The summed E-state index contributed by atoms with van der Waals surface area (Å²) in [6, 6.07) is 4.01. The van der Waals surface area contributed by atoms with E-state index in [4.69, 9.17) is 5.11 Å². The Morgan fingerprint density at radius 2 is 2.35 bits per heavy atom. The van der Waals surface area contributed by atoms with Gasteiger partial charge in [0.15, 0.2) is 0 Å². The molecule has 2 heterocycles. The van der Waals surface area contributed by atoms with Crippen LogP contribution in [0.1, 0.15) is 29.1 Å². The summed E-state index contributed by atoms with van der Waals surface area (Å²) < 4.78 is 0. The van der Waals surface area contributed by atoms with Gasteiger partial charge in [-0.05, 0) is 18.4 Å². The average molecular weight is 267 g/mol. The third-order valence-corrected chi connectivity index (χ3v) is 4.52. The quantitative estimate of drug-likeness (QED) is 0.917. The molecule has 0 radical (unpaired) electrons. The van der Waals surface area contributed by atoms with E-state index in [2.05, 4.69) is 4.98 Å². The highest BCUT2D eigenvalue weighted by molar-refractivity contribution is 7.15. The van der Waals surface area contributed by atoms with E-state index in [0.29, 0.717) is 0 Å². The van der Waals surface area contributed by atoms with Crippen molar-refractivity contribution in [1.82, 2.24) is 4.98 Å². The molecule has 0 saturated heterocycles. The van der Waals surface area contributed by atoms with Crippen LogP contribution in [0.5, 0.6) is 0 Å². The molecule has 90 valence electrons. The lowest BCUT2D eigenvalue weighted by atomic mass is 10.0. The van der Waals surface area contributed by atoms with Gasteiger partial charge < -0.3 is 5.11 Å². The Kier molecular flexibility index (Phi) is 3.59. The second-order valence-electron chi connectivity index (χ2n) is 3.92. The maximum absolute atomic E-state index is 10.8. The van der Waals surface area contributed by atoms with E-state index in [1.165, 1.54) is 0 Å². The number of rotatable bonds is 4. The van der Waals surface area contributed by atoms with E-state index in [0.717, 1.165) is 20.5 Å². The molecule has 0 amide bonds. The number of carboxylic acids is 1. The van der Waals surface area contributed by atoms with Crippen LogP contribution in [0.3, 0.4) is 0 Å². The predicted molar refractivity (Wildman–Crippen MR) is 70.8 cm³/mol. The van der Waals surface area contributed by atoms with Gasteiger partial charge in [-0.3, -0.25) is 4.79 Å². The highest BCUT2D eigenvalue weighted by Gasteiger charge is 2.19. The van der Waals surface area contributed by atoms with Crippen molar-refractivity contribution in [2.45, 2.75) is 26.2 Å². The summed E-state index contributed by atoms with van der Waals surface area (Å²) >= 11 is 3.23. The van der Waals surface area contributed by atoms with E-state index in [1.54, 1.807) is 22.7 Å². The summed E-state index contributed by atoms with van der Waals surface area (Å²) in [6.45, 7) is 3.90. The van der Waals surface area contributed by atoms with Gasteiger partial charge in [-0.1, -0.05) is 13.0 Å². The molecule has 3 nitrogen and oxygen atoms in total. The van der Waals surface area contributed by atoms with Gasteiger partial charge in [-0.2, -0.15) is 0 Å². The van der Waals surface area contributed by atoms with Gasteiger partial charge in [0.05, 0.1) is 22.0 Å². The Labute approximate surface area is 108 Å². The molecular weight excluding hydrogens is 254 g/mol. The molecule has 0 aromatic carbocycles. The molecule has 0 fully saturated rings. The van der Waals surface area contributed by atoms with Gasteiger partial charge >= 0.3 is 5.97 Å². The van der Waals surface area contributed by atoms with Crippen LogP contribution < -0.4 is 0 Å². The van der Waals surface area contributed by atoms with Gasteiger partial charge in [-0.25, -0.2) is 4.98 Å². The number of aromatic nitrogens is 1. The molecule has 0 aliphatic rings. The molecular formula is C12H13NO2S2. The topological polar surface area (TPSA) is 50.2 Å². The van der Waals surface area contributed by atoms with Gasteiger partial charge in [0.1, 0.15) is 0 Å². The van der Waals surface area contributed by atoms with Crippen LogP contribution >= 0.6 is 22.7 Å². The van der Waals surface area contributed by atoms with E-state index >= 15 is 0 Å². The standard InChI is InChI=1S/C12H13NO2S2/c1-7(6-10(14)15)12-11(13-8(2)17-12)9-4-3-5-16-9/h3-5,7H,6H2,1-2H3,(H,14,15). The summed E-state index contributed by atoms with van der Waals surface area (Å²) in [4.78, 5) is 17.5. The second kappa shape index (κ2) is 4.98. The zero-order chi connectivity index (χ0) is 12.4. The number of hydrogen-bond donors (Lipinski definition) is 1. The number of hydrogen-bond acceptors (Lipinski definition) is 4. The number of nitrogens with zero attached hydrogens (tertiary/aromatic N) is 1. The number of aliphatic carboxylic acids is 1.